The van der Waals surface area contributed by atoms with Gasteiger partial charge in [-0.3, -0.25) is 9.69 Å². The van der Waals surface area contributed by atoms with Crippen LogP contribution in [0.4, 0.5) is 5.69 Å². The highest BCUT2D eigenvalue weighted by Crippen LogP contribution is 2.14. The van der Waals surface area contributed by atoms with Crippen LogP contribution in [0.3, 0.4) is 0 Å². The van der Waals surface area contributed by atoms with Gasteiger partial charge in [0.15, 0.2) is 0 Å². The van der Waals surface area contributed by atoms with E-state index in [0.29, 0.717) is 12.5 Å². The van der Waals surface area contributed by atoms with Crippen molar-refractivity contribution in [2.75, 3.05) is 38.5 Å². The van der Waals surface area contributed by atoms with E-state index in [2.05, 4.69) is 15.5 Å². The molecule has 1 fully saturated rings. The maximum Gasteiger partial charge on any atom is 0.238 e. The zero-order chi connectivity index (χ0) is 14.4. The summed E-state index contributed by atoms with van der Waals surface area (Å²) in [6.45, 7) is 5.64. The molecule has 4 nitrogen and oxygen atoms in total. The fraction of sp³-hybridized carbons (Fsp3) is 0.562. The van der Waals surface area contributed by atoms with Crippen LogP contribution in [0.25, 0.3) is 0 Å². The van der Waals surface area contributed by atoms with Gasteiger partial charge in [0.2, 0.25) is 5.91 Å². The van der Waals surface area contributed by atoms with E-state index in [9.17, 15) is 4.79 Å². The summed E-state index contributed by atoms with van der Waals surface area (Å²) in [6.07, 6.45) is 2.50. The Morgan fingerprint density at radius 3 is 2.95 bits per heavy atom. The fourth-order valence-electron chi connectivity index (χ4n) is 2.73. The lowest BCUT2D eigenvalue weighted by atomic mass is 9.99. The average Bonchev–Trinajstić information content (AvgIpc) is 2.42. The molecule has 0 bridgehead atoms. The highest BCUT2D eigenvalue weighted by Gasteiger charge is 2.16. The van der Waals surface area contributed by atoms with Crippen LogP contribution < -0.4 is 10.6 Å². The number of carbonyl (C=O) groups is 1. The van der Waals surface area contributed by atoms with E-state index >= 15 is 0 Å². The van der Waals surface area contributed by atoms with Crippen LogP contribution >= 0.6 is 0 Å². The largest absolute Gasteiger partial charge is 0.325 e. The number of hydrogen-bond donors (Lipinski definition) is 2. The maximum atomic E-state index is 12.0. The number of amides is 1. The first-order valence-electron chi connectivity index (χ1n) is 7.40. The molecule has 0 aromatic heterocycles. The Balaban J connectivity index is 1.77. The minimum Gasteiger partial charge on any atom is -0.325 e. The Morgan fingerprint density at radius 2 is 2.25 bits per heavy atom. The third-order valence-corrected chi connectivity index (χ3v) is 3.80. The molecule has 4 heteroatoms. The molecule has 1 amide bonds. The van der Waals surface area contributed by atoms with E-state index in [-0.39, 0.29) is 5.91 Å². The second kappa shape index (κ2) is 7.41. The molecule has 0 saturated carbocycles. The van der Waals surface area contributed by atoms with Gasteiger partial charge >= 0.3 is 0 Å². The van der Waals surface area contributed by atoms with E-state index in [1.807, 2.05) is 38.2 Å². The van der Waals surface area contributed by atoms with Gasteiger partial charge in [-0.1, -0.05) is 18.2 Å². The summed E-state index contributed by atoms with van der Waals surface area (Å²) in [4.78, 5) is 14.2. The van der Waals surface area contributed by atoms with Crippen molar-refractivity contribution < 1.29 is 4.79 Å². The normalized spacial score (nSPS) is 19.1. The lowest BCUT2D eigenvalue weighted by Gasteiger charge is -2.27. The third kappa shape index (κ3) is 4.62. The number of piperidine rings is 1. The molecule has 20 heavy (non-hydrogen) atoms. The number of aryl methyl sites for hydroxylation is 1. The van der Waals surface area contributed by atoms with Gasteiger partial charge in [0, 0.05) is 12.2 Å². The number of hydrogen-bond acceptors (Lipinski definition) is 3. The van der Waals surface area contributed by atoms with Gasteiger partial charge in [-0.25, -0.2) is 0 Å². The lowest BCUT2D eigenvalue weighted by Crippen LogP contribution is -2.39. The molecule has 2 rings (SSSR count). The molecule has 0 aliphatic carbocycles. The van der Waals surface area contributed by atoms with Crippen LogP contribution in [0.2, 0.25) is 0 Å². The first-order valence-corrected chi connectivity index (χ1v) is 7.40. The van der Waals surface area contributed by atoms with E-state index in [0.717, 1.165) is 30.9 Å². The number of para-hydroxylation sites is 1. The number of rotatable bonds is 5. The van der Waals surface area contributed by atoms with Crippen molar-refractivity contribution in [1.29, 1.82) is 0 Å². The summed E-state index contributed by atoms with van der Waals surface area (Å²) in [5.74, 6) is 0.727. The predicted octanol–water partition coefficient (Wildman–Crippen LogP) is 1.86. The molecule has 1 heterocycles. The minimum atomic E-state index is 0.0607. The van der Waals surface area contributed by atoms with E-state index in [1.165, 1.54) is 12.8 Å². The van der Waals surface area contributed by atoms with Crippen LogP contribution in [0.1, 0.15) is 18.4 Å². The van der Waals surface area contributed by atoms with E-state index in [1.54, 1.807) is 0 Å². The molecule has 1 saturated heterocycles. The average molecular weight is 275 g/mol. The summed E-state index contributed by atoms with van der Waals surface area (Å²) in [5, 5.41) is 6.40. The summed E-state index contributed by atoms with van der Waals surface area (Å²) < 4.78 is 0. The second-order valence-corrected chi connectivity index (χ2v) is 5.77. The van der Waals surface area contributed by atoms with Crippen molar-refractivity contribution in [2.24, 2.45) is 5.92 Å². The number of nitrogens with one attached hydrogen (secondary N) is 2. The van der Waals surface area contributed by atoms with Gasteiger partial charge < -0.3 is 10.6 Å². The van der Waals surface area contributed by atoms with Crippen LogP contribution in [0.5, 0.6) is 0 Å². The van der Waals surface area contributed by atoms with Gasteiger partial charge in [0.25, 0.3) is 0 Å². The van der Waals surface area contributed by atoms with Gasteiger partial charge in [0.1, 0.15) is 0 Å². The Kier molecular flexibility index (Phi) is 5.56. The van der Waals surface area contributed by atoms with Gasteiger partial charge in [0.05, 0.1) is 6.54 Å². The molecule has 1 unspecified atom stereocenters. The van der Waals surface area contributed by atoms with Crippen molar-refractivity contribution in [3.63, 3.8) is 0 Å². The Bertz CT molecular complexity index is 441. The highest BCUT2D eigenvalue weighted by atomic mass is 16.2. The molecule has 1 atom stereocenters. The Hall–Kier alpha value is -1.39. The van der Waals surface area contributed by atoms with Crippen molar-refractivity contribution in [1.82, 2.24) is 10.2 Å². The predicted molar refractivity (Wildman–Crippen MR) is 82.9 cm³/mol. The molecule has 0 spiro atoms. The minimum absolute atomic E-state index is 0.0607. The number of anilines is 1. The third-order valence-electron chi connectivity index (χ3n) is 3.80. The van der Waals surface area contributed by atoms with Gasteiger partial charge in [-0.15, -0.1) is 0 Å². The molecule has 2 N–H and O–H groups in total. The quantitative estimate of drug-likeness (QED) is 0.862. The standard InChI is InChI=1S/C16H25N3O/c1-13-6-3-4-8-15(13)18-16(20)12-19(2)11-14-7-5-9-17-10-14/h3-4,6,8,14,17H,5,7,9-12H2,1-2H3,(H,18,20). The van der Waals surface area contributed by atoms with Gasteiger partial charge in [-0.2, -0.15) is 0 Å². The number of benzene rings is 1. The summed E-state index contributed by atoms with van der Waals surface area (Å²) in [6, 6.07) is 7.87. The zero-order valence-corrected chi connectivity index (χ0v) is 12.5. The van der Waals surface area contributed by atoms with Crippen LogP contribution in [-0.2, 0) is 4.79 Å². The monoisotopic (exact) mass is 275 g/mol. The lowest BCUT2D eigenvalue weighted by molar-refractivity contribution is -0.117. The molecule has 1 aromatic rings. The maximum absolute atomic E-state index is 12.0. The zero-order valence-electron chi connectivity index (χ0n) is 12.5. The smallest absolute Gasteiger partial charge is 0.238 e. The Morgan fingerprint density at radius 1 is 1.45 bits per heavy atom. The number of nitrogens with zero attached hydrogens (tertiary/aromatic N) is 1. The molecule has 1 aliphatic heterocycles. The van der Waals surface area contributed by atoms with Crippen molar-refractivity contribution in [2.45, 2.75) is 19.8 Å². The topological polar surface area (TPSA) is 44.4 Å². The highest BCUT2D eigenvalue weighted by molar-refractivity contribution is 5.92. The SMILES string of the molecule is Cc1ccccc1NC(=O)CN(C)CC1CCCNC1. The first kappa shape index (κ1) is 15.0. The van der Waals surface area contributed by atoms with Crippen LogP contribution in [-0.4, -0.2) is 44.0 Å². The molecule has 1 aliphatic rings. The number of likely N-dealkylation sites (N-methyl/N-ethyl adjacent to an activating group) is 1. The molecular weight excluding hydrogens is 250 g/mol. The summed E-state index contributed by atoms with van der Waals surface area (Å²) in [7, 11) is 2.02. The first-order chi connectivity index (χ1) is 9.65. The van der Waals surface area contributed by atoms with Crippen molar-refractivity contribution in [3.05, 3.63) is 29.8 Å². The van der Waals surface area contributed by atoms with Crippen molar-refractivity contribution in [3.8, 4) is 0 Å². The second-order valence-electron chi connectivity index (χ2n) is 5.77. The molecule has 1 aromatic carbocycles. The fourth-order valence-corrected chi connectivity index (χ4v) is 2.73. The van der Waals surface area contributed by atoms with E-state index < -0.39 is 0 Å². The van der Waals surface area contributed by atoms with Crippen LogP contribution in [0.15, 0.2) is 24.3 Å². The van der Waals surface area contributed by atoms with E-state index in [4.69, 9.17) is 0 Å². The Labute approximate surface area is 121 Å². The summed E-state index contributed by atoms with van der Waals surface area (Å²) >= 11 is 0. The van der Waals surface area contributed by atoms with Crippen LogP contribution in [0, 0.1) is 12.8 Å². The molecule has 0 radical (unpaired) electrons. The van der Waals surface area contributed by atoms with Crippen molar-refractivity contribution >= 4 is 11.6 Å². The van der Waals surface area contributed by atoms with Gasteiger partial charge in [-0.05, 0) is 57.5 Å². The number of carbonyl (C=O) groups excluding carboxylic acids is 1. The molecular formula is C16H25N3O. The molecule has 110 valence electrons. The summed E-state index contributed by atoms with van der Waals surface area (Å²) in [5.41, 5.74) is 2.00.